The molecule has 0 spiro atoms. The zero-order valence-electron chi connectivity index (χ0n) is 15.8. The lowest BCUT2D eigenvalue weighted by Crippen LogP contribution is -2.37. The molecule has 0 radical (unpaired) electrons. The van der Waals surface area contributed by atoms with Crippen LogP contribution in [0.4, 0.5) is 11.4 Å². The predicted octanol–water partition coefficient (Wildman–Crippen LogP) is 3.49. The highest BCUT2D eigenvalue weighted by Gasteiger charge is 2.27. The third-order valence-corrected chi connectivity index (χ3v) is 7.65. The summed E-state index contributed by atoms with van der Waals surface area (Å²) in [6.45, 7) is 2.95. The number of para-hydroxylation sites is 1. The van der Waals surface area contributed by atoms with E-state index in [9.17, 15) is 8.42 Å². The van der Waals surface area contributed by atoms with Crippen LogP contribution in [0.5, 0.6) is 0 Å². The van der Waals surface area contributed by atoms with Gasteiger partial charge in [-0.3, -0.25) is 0 Å². The molecule has 2 aromatic carbocycles. The smallest absolute Gasteiger partial charge is 0.242 e. The minimum Gasteiger partial charge on any atom is -0.338 e. The average molecular weight is 392 g/mol. The lowest BCUT2D eigenvalue weighted by Gasteiger charge is -2.36. The van der Waals surface area contributed by atoms with Crippen LogP contribution >= 0.6 is 11.8 Å². The van der Waals surface area contributed by atoms with E-state index in [0.29, 0.717) is 10.9 Å². The molecule has 140 valence electrons. The quantitative estimate of drug-likeness (QED) is 0.781. The third kappa shape index (κ3) is 3.49. The number of anilines is 2. The van der Waals surface area contributed by atoms with Gasteiger partial charge in [0, 0.05) is 36.5 Å². The molecule has 1 unspecified atom stereocenters. The Balaban J connectivity index is 2.12. The highest BCUT2D eigenvalue weighted by Crippen LogP contribution is 2.48. The molecular formula is C19H25N3O2S2. The summed E-state index contributed by atoms with van der Waals surface area (Å²) >= 11 is 1.69. The third-order valence-electron chi connectivity index (χ3n) is 4.70. The zero-order chi connectivity index (χ0) is 19.1. The van der Waals surface area contributed by atoms with Crippen molar-refractivity contribution in [3.63, 3.8) is 0 Å². The molecule has 0 aliphatic carbocycles. The molecule has 0 amide bonds. The summed E-state index contributed by atoms with van der Waals surface area (Å²) in [6, 6.07) is 14.0. The van der Waals surface area contributed by atoms with Gasteiger partial charge in [0.1, 0.15) is 0 Å². The molecule has 0 aromatic heterocycles. The van der Waals surface area contributed by atoms with Gasteiger partial charge in [0.2, 0.25) is 10.0 Å². The van der Waals surface area contributed by atoms with Crippen LogP contribution < -0.4 is 4.90 Å². The summed E-state index contributed by atoms with van der Waals surface area (Å²) in [6.07, 6.45) is 0. The van der Waals surface area contributed by atoms with Crippen molar-refractivity contribution in [3.8, 4) is 0 Å². The summed E-state index contributed by atoms with van der Waals surface area (Å²) in [7, 11) is 3.77. The first kappa shape index (κ1) is 19.2. The molecule has 0 saturated carbocycles. The van der Waals surface area contributed by atoms with Gasteiger partial charge >= 0.3 is 0 Å². The first-order valence-electron chi connectivity index (χ1n) is 8.49. The van der Waals surface area contributed by atoms with Gasteiger partial charge < -0.3 is 9.80 Å². The molecule has 3 rings (SSSR count). The lowest BCUT2D eigenvalue weighted by molar-refractivity contribution is 0.319. The van der Waals surface area contributed by atoms with Crippen molar-refractivity contribution in [1.29, 1.82) is 0 Å². The predicted molar refractivity (Wildman–Crippen MR) is 108 cm³/mol. The highest BCUT2D eigenvalue weighted by molar-refractivity contribution is 7.99. The maximum atomic E-state index is 12.6. The fourth-order valence-electron chi connectivity index (χ4n) is 2.80. The second-order valence-electron chi connectivity index (χ2n) is 6.91. The van der Waals surface area contributed by atoms with Crippen LogP contribution in [0.15, 0.2) is 57.2 Å². The first-order valence-corrected chi connectivity index (χ1v) is 10.7. The summed E-state index contributed by atoms with van der Waals surface area (Å²) in [4.78, 5) is 7.00. The monoisotopic (exact) mass is 391 g/mol. The molecule has 1 aliphatic heterocycles. The van der Waals surface area contributed by atoms with Crippen LogP contribution in [-0.4, -0.2) is 58.4 Å². The topological polar surface area (TPSA) is 43.9 Å². The van der Waals surface area contributed by atoms with Crippen LogP contribution in [0.3, 0.4) is 0 Å². The van der Waals surface area contributed by atoms with E-state index in [-0.39, 0.29) is 0 Å². The number of sulfonamides is 1. The molecular weight excluding hydrogens is 366 g/mol. The van der Waals surface area contributed by atoms with E-state index in [2.05, 4.69) is 43.0 Å². The Morgan fingerprint density at radius 3 is 2.31 bits per heavy atom. The van der Waals surface area contributed by atoms with Crippen molar-refractivity contribution >= 4 is 33.2 Å². The zero-order valence-corrected chi connectivity index (χ0v) is 17.4. The number of hydrogen-bond acceptors (Lipinski definition) is 5. The molecule has 1 heterocycles. The maximum Gasteiger partial charge on any atom is 0.242 e. The van der Waals surface area contributed by atoms with E-state index in [0.717, 1.165) is 22.8 Å². The number of rotatable bonds is 5. The van der Waals surface area contributed by atoms with Gasteiger partial charge in [-0.15, -0.1) is 0 Å². The van der Waals surface area contributed by atoms with Crippen LogP contribution in [0, 0.1) is 0 Å². The Labute approximate surface area is 160 Å². The number of nitrogens with zero attached hydrogens (tertiary/aromatic N) is 3. The van der Waals surface area contributed by atoms with E-state index in [1.54, 1.807) is 38.0 Å². The fourth-order valence-corrected chi connectivity index (χ4v) is 4.80. The first-order chi connectivity index (χ1) is 12.2. The van der Waals surface area contributed by atoms with Crippen molar-refractivity contribution in [1.82, 2.24) is 9.21 Å². The maximum absolute atomic E-state index is 12.6. The van der Waals surface area contributed by atoms with Gasteiger partial charge in [0.25, 0.3) is 0 Å². The van der Waals surface area contributed by atoms with Crippen LogP contribution in [0.2, 0.25) is 0 Å². The van der Waals surface area contributed by atoms with E-state index < -0.39 is 10.0 Å². The molecule has 0 saturated heterocycles. The Kier molecular flexibility index (Phi) is 5.35. The highest BCUT2D eigenvalue weighted by atomic mass is 32.2. The molecule has 26 heavy (non-hydrogen) atoms. The molecule has 2 aromatic rings. The van der Waals surface area contributed by atoms with Gasteiger partial charge in [-0.05, 0) is 51.4 Å². The lowest BCUT2D eigenvalue weighted by atomic mass is 10.2. The summed E-state index contributed by atoms with van der Waals surface area (Å²) in [5, 5.41) is 0. The fraction of sp³-hybridized carbons (Fsp3) is 0.368. The second-order valence-corrected chi connectivity index (χ2v) is 10.1. The molecule has 1 aliphatic rings. The van der Waals surface area contributed by atoms with Crippen LogP contribution in [-0.2, 0) is 10.0 Å². The summed E-state index contributed by atoms with van der Waals surface area (Å²) < 4.78 is 26.4. The normalized spacial score (nSPS) is 15.1. The van der Waals surface area contributed by atoms with Crippen LogP contribution in [0.1, 0.15) is 6.92 Å². The van der Waals surface area contributed by atoms with E-state index in [1.165, 1.54) is 9.20 Å². The molecule has 0 fully saturated rings. The Morgan fingerprint density at radius 2 is 1.65 bits per heavy atom. The van der Waals surface area contributed by atoms with Gasteiger partial charge in [-0.1, -0.05) is 23.9 Å². The molecule has 0 N–H and O–H groups in total. The number of hydrogen-bond donors (Lipinski definition) is 0. The Morgan fingerprint density at radius 1 is 1.00 bits per heavy atom. The van der Waals surface area contributed by atoms with E-state index >= 15 is 0 Å². The largest absolute Gasteiger partial charge is 0.338 e. The van der Waals surface area contributed by atoms with Crippen molar-refractivity contribution in [2.45, 2.75) is 27.7 Å². The average Bonchev–Trinajstić information content (AvgIpc) is 2.60. The standard InChI is InChI=1S/C19H25N3O2S2/c1-14(20(2)3)13-22-16-8-6-7-9-18(16)25-19-11-10-15(12-17(19)22)26(23,24)21(4)5/h6-12,14H,13H2,1-5H3. The van der Waals surface area contributed by atoms with Crippen molar-refractivity contribution in [2.75, 3.05) is 39.6 Å². The Hall–Kier alpha value is -1.54. The SMILES string of the molecule is CC(CN1c2ccccc2Sc2ccc(S(=O)(=O)N(C)C)cc21)N(C)C. The van der Waals surface area contributed by atoms with Gasteiger partial charge in [0.05, 0.1) is 16.3 Å². The van der Waals surface area contributed by atoms with Crippen molar-refractivity contribution < 1.29 is 8.42 Å². The molecule has 1 atom stereocenters. The summed E-state index contributed by atoms with van der Waals surface area (Å²) in [5.74, 6) is 0. The van der Waals surface area contributed by atoms with Crippen LogP contribution in [0.25, 0.3) is 0 Å². The van der Waals surface area contributed by atoms with E-state index in [1.807, 2.05) is 18.2 Å². The number of likely N-dealkylation sites (N-methyl/N-ethyl adjacent to an activating group) is 1. The number of benzene rings is 2. The summed E-state index contributed by atoms with van der Waals surface area (Å²) in [5.41, 5.74) is 2.07. The van der Waals surface area contributed by atoms with E-state index in [4.69, 9.17) is 0 Å². The van der Waals surface area contributed by atoms with Gasteiger partial charge in [-0.2, -0.15) is 0 Å². The molecule has 7 heteroatoms. The second kappa shape index (κ2) is 7.23. The molecule has 5 nitrogen and oxygen atoms in total. The minimum atomic E-state index is -3.47. The van der Waals surface area contributed by atoms with Crippen molar-refractivity contribution in [2.24, 2.45) is 0 Å². The van der Waals surface area contributed by atoms with Crippen molar-refractivity contribution in [3.05, 3.63) is 42.5 Å². The number of fused-ring (bicyclic) bond motifs is 2. The van der Waals surface area contributed by atoms with Gasteiger partial charge in [0.15, 0.2) is 0 Å². The molecule has 0 bridgehead atoms. The Bertz CT molecular complexity index is 911. The van der Waals surface area contributed by atoms with Gasteiger partial charge in [-0.25, -0.2) is 12.7 Å². The minimum absolute atomic E-state index is 0.313.